The van der Waals surface area contributed by atoms with E-state index in [0.717, 1.165) is 33.6 Å². The zero-order valence-electron chi connectivity index (χ0n) is 18.1. The number of hydrogen-bond acceptors (Lipinski definition) is 7. The van der Waals surface area contributed by atoms with E-state index in [9.17, 15) is 9.59 Å². The fourth-order valence-corrected chi connectivity index (χ4v) is 4.40. The zero-order chi connectivity index (χ0) is 22.8. The van der Waals surface area contributed by atoms with E-state index >= 15 is 0 Å². The van der Waals surface area contributed by atoms with Crippen LogP contribution in [-0.4, -0.2) is 36.1 Å². The molecule has 0 fully saturated rings. The zero-order valence-corrected chi connectivity index (χ0v) is 18.9. The molecule has 0 atom stereocenters. The number of esters is 1. The molecule has 0 saturated heterocycles. The number of benzene rings is 2. The third kappa shape index (κ3) is 3.92. The van der Waals surface area contributed by atoms with Crippen LogP contribution in [0.25, 0.3) is 22.2 Å². The second-order valence-electron chi connectivity index (χ2n) is 7.09. The first-order valence-electron chi connectivity index (χ1n) is 9.83. The third-order valence-corrected chi connectivity index (χ3v) is 6.17. The number of pyridine rings is 1. The first-order valence-corrected chi connectivity index (χ1v) is 10.7. The molecule has 8 heteroatoms. The quantitative estimate of drug-likeness (QED) is 0.432. The van der Waals surface area contributed by atoms with Crippen molar-refractivity contribution in [2.75, 3.05) is 19.5 Å². The van der Waals surface area contributed by atoms with E-state index in [0.29, 0.717) is 32.5 Å². The number of methoxy groups -OCH3 is 2. The summed E-state index contributed by atoms with van der Waals surface area (Å²) in [6, 6.07) is 15.1. The number of rotatable bonds is 5. The smallest absolute Gasteiger partial charge is 0.350 e. The molecule has 7 nitrogen and oxygen atoms in total. The van der Waals surface area contributed by atoms with Crippen LogP contribution in [0.15, 0.2) is 48.5 Å². The molecule has 1 amide bonds. The maximum atomic E-state index is 13.4. The second kappa shape index (κ2) is 8.76. The number of aromatic nitrogens is 2. The van der Waals surface area contributed by atoms with Crippen molar-refractivity contribution in [3.05, 3.63) is 70.2 Å². The van der Waals surface area contributed by atoms with Gasteiger partial charge in [0.2, 0.25) is 0 Å². The third-order valence-electron chi connectivity index (χ3n) is 5.11. The standard InChI is InChI=1S/C24H21N3O4S/c1-13-19(22(28)27-24-25-14(2)21(32-24)23(29)31-4)17-7-5-6-8-18(17)26-20(13)15-9-11-16(30-3)12-10-15/h5-12H,1-4H3,(H,25,27,28). The minimum Gasteiger partial charge on any atom is -0.497 e. The van der Waals surface area contributed by atoms with E-state index in [2.05, 4.69) is 10.3 Å². The molecule has 0 radical (unpaired) electrons. The predicted octanol–water partition coefficient (Wildman–Crippen LogP) is 5.02. The van der Waals surface area contributed by atoms with Gasteiger partial charge in [-0.05, 0) is 49.7 Å². The fourth-order valence-electron chi connectivity index (χ4n) is 3.52. The molecule has 4 aromatic rings. The highest BCUT2D eigenvalue weighted by Gasteiger charge is 2.22. The number of nitrogens with one attached hydrogen (secondary N) is 1. The Labute approximate surface area is 189 Å². The monoisotopic (exact) mass is 447 g/mol. The van der Waals surface area contributed by atoms with Crippen LogP contribution in [0.2, 0.25) is 0 Å². The molecule has 0 unspecified atom stereocenters. The van der Waals surface area contributed by atoms with Crippen LogP contribution >= 0.6 is 11.3 Å². The lowest BCUT2D eigenvalue weighted by Crippen LogP contribution is -2.15. The summed E-state index contributed by atoms with van der Waals surface area (Å²) in [5.74, 6) is -0.0560. The number of nitrogens with zero attached hydrogens (tertiary/aromatic N) is 2. The number of carbonyl (C=O) groups is 2. The van der Waals surface area contributed by atoms with E-state index in [-0.39, 0.29) is 5.91 Å². The van der Waals surface area contributed by atoms with Gasteiger partial charge in [-0.2, -0.15) is 0 Å². The van der Waals surface area contributed by atoms with Gasteiger partial charge in [-0.3, -0.25) is 10.1 Å². The topological polar surface area (TPSA) is 90.4 Å². The minimum absolute atomic E-state index is 0.318. The number of anilines is 1. The summed E-state index contributed by atoms with van der Waals surface area (Å²) in [7, 11) is 2.93. The van der Waals surface area contributed by atoms with E-state index in [1.54, 1.807) is 14.0 Å². The molecule has 0 aliphatic heterocycles. The van der Waals surface area contributed by atoms with Crippen molar-refractivity contribution in [1.29, 1.82) is 0 Å². The lowest BCUT2D eigenvalue weighted by molar-refractivity contribution is 0.0605. The average molecular weight is 448 g/mol. The Balaban J connectivity index is 1.79. The number of ether oxygens (including phenoxy) is 2. The Morgan fingerprint density at radius 1 is 0.969 bits per heavy atom. The van der Waals surface area contributed by atoms with Crippen molar-refractivity contribution in [3.8, 4) is 17.0 Å². The Morgan fingerprint density at radius 3 is 2.38 bits per heavy atom. The van der Waals surface area contributed by atoms with Gasteiger partial charge < -0.3 is 9.47 Å². The van der Waals surface area contributed by atoms with Crippen molar-refractivity contribution >= 4 is 39.2 Å². The predicted molar refractivity (Wildman–Crippen MR) is 125 cm³/mol. The van der Waals surface area contributed by atoms with E-state index in [1.165, 1.54) is 7.11 Å². The van der Waals surface area contributed by atoms with Gasteiger partial charge in [0.1, 0.15) is 10.6 Å². The summed E-state index contributed by atoms with van der Waals surface area (Å²) >= 11 is 1.08. The lowest BCUT2D eigenvalue weighted by Gasteiger charge is -2.14. The number of carbonyl (C=O) groups excluding carboxylic acids is 2. The molecule has 0 spiro atoms. The molecule has 162 valence electrons. The SMILES string of the molecule is COC(=O)c1sc(NC(=O)c2c(C)c(-c3ccc(OC)cc3)nc3ccccc23)nc1C. The maximum absolute atomic E-state index is 13.4. The molecule has 32 heavy (non-hydrogen) atoms. The molecule has 0 aliphatic carbocycles. The first kappa shape index (κ1) is 21.5. The van der Waals surface area contributed by atoms with Gasteiger partial charge in [0, 0.05) is 10.9 Å². The maximum Gasteiger partial charge on any atom is 0.350 e. The van der Waals surface area contributed by atoms with E-state index < -0.39 is 5.97 Å². The summed E-state index contributed by atoms with van der Waals surface area (Å²) in [5.41, 5.74) is 4.05. The summed E-state index contributed by atoms with van der Waals surface area (Å²) in [6.45, 7) is 3.58. The van der Waals surface area contributed by atoms with Crippen molar-refractivity contribution < 1.29 is 19.1 Å². The summed E-state index contributed by atoms with van der Waals surface area (Å²) in [5, 5.41) is 3.91. The Kier molecular flexibility index (Phi) is 5.87. The van der Waals surface area contributed by atoms with Gasteiger partial charge in [-0.1, -0.05) is 29.5 Å². The lowest BCUT2D eigenvalue weighted by atomic mass is 9.97. The molecule has 0 aliphatic rings. The number of fused-ring (bicyclic) bond motifs is 1. The van der Waals surface area contributed by atoms with Gasteiger partial charge in [0.15, 0.2) is 5.13 Å². The molecule has 2 aromatic heterocycles. The summed E-state index contributed by atoms with van der Waals surface area (Å²) in [6.07, 6.45) is 0. The fraction of sp³-hybridized carbons (Fsp3) is 0.167. The Bertz CT molecular complexity index is 1330. The van der Waals surface area contributed by atoms with Gasteiger partial charge in [-0.25, -0.2) is 14.8 Å². The molecular formula is C24H21N3O4S. The number of hydrogen-bond donors (Lipinski definition) is 1. The van der Waals surface area contributed by atoms with Crippen molar-refractivity contribution in [2.45, 2.75) is 13.8 Å². The van der Waals surface area contributed by atoms with Crippen LogP contribution in [0.4, 0.5) is 5.13 Å². The Hall–Kier alpha value is -3.78. The van der Waals surface area contributed by atoms with Gasteiger partial charge in [0.05, 0.1) is 36.7 Å². The molecule has 0 bridgehead atoms. The van der Waals surface area contributed by atoms with Crippen LogP contribution in [0, 0.1) is 13.8 Å². The van der Waals surface area contributed by atoms with Crippen molar-refractivity contribution in [1.82, 2.24) is 9.97 Å². The van der Waals surface area contributed by atoms with Crippen LogP contribution < -0.4 is 10.1 Å². The summed E-state index contributed by atoms with van der Waals surface area (Å²) in [4.78, 5) is 34.8. The highest BCUT2D eigenvalue weighted by Crippen LogP contribution is 2.32. The van der Waals surface area contributed by atoms with Crippen molar-refractivity contribution in [2.24, 2.45) is 0 Å². The number of amides is 1. The first-order chi connectivity index (χ1) is 15.4. The minimum atomic E-state index is -0.479. The van der Waals surface area contributed by atoms with Crippen LogP contribution in [-0.2, 0) is 4.74 Å². The van der Waals surface area contributed by atoms with Gasteiger partial charge >= 0.3 is 5.97 Å². The summed E-state index contributed by atoms with van der Waals surface area (Å²) < 4.78 is 10.0. The molecular weight excluding hydrogens is 426 g/mol. The van der Waals surface area contributed by atoms with Crippen LogP contribution in [0.5, 0.6) is 5.75 Å². The largest absolute Gasteiger partial charge is 0.497 e. The highest BCUT2D eigenvalue weighted by molar-refractivity contribution is 7.17. The van der Waals surface area contributed by atoms with E-state index in [4.69, 9.17) is 14.5 Å². The van der Waals surface area contributed by atoms with Gasteiger partial charge in [-0.15, -0.1) is 0 Å². The van der Waals surface area contributed by atoms with Crippen LogP contribution in [0.1, 0.15) is 31.3 Å². The molecule has 2 aromatic carbocycles. The second-order valence-corrected chi connectivity index (χ2v) is 8.08. The molecule has 2 heterocycles. The molecule has 0 saturated carbocycles. The molecule has 1 N–H and O–H groups in total. The highest BCUT2D eigenvalue weighted by atomic mass is 32.1. The van der Waals surface area contributed by atoms with E-state index in [1.807, 2.05) is 55.5 Å². The van der Waals surface area contributed by atoms with Crippen molar-refractivity contribution in [3.63, 3.8) is 0 Å². The number of thiazole rings is 1. The Morgan fingerprint density at radius 2 is 1.69 bits per heavy atom. The average Bonchev–Trinajstić information content (AvgIpc) is 3.17. The normalized spacial score (nSPS) is 10.8. The number of aryl methyl sites for hydroxylation is 1. The van der Waals surface area contributed by atoms with Crippen LogP contribution in [0.3, 0.4) is 0 Å². The molecule has 4 rings (SSSR count). The van der Waals surface area contributed by atoms with Gasteiger partial charge in [0.25, 0.3) is 5.91 Å². The number of para-hydroxylation sites is 1.